The fourth-order valence-electron chi connectivity index (χ4n) is 1.63. The van der Waals surface area contributed by atoms with Gasteiger partial charge in [-0.05, 0) is 35.7 Å². The minimum atomic E-state index is 0.167. The molecule has 84 valence electrons. The van der Waals surface area contributed by atoms with Crippen molar-refractivity contribution < 1.29 is 0 Å². The number of pyridine rings is 1. The van der Waals surface area contributed by atoms with E-state index in [1.165, 1.54) is 5.56 Å². The molecule has 1 atom stereocenters. The monoisotopic (exact) mass is 252 g/mol. The van der Waals surface area contributed by atoms with Gasteiger partial charge in [0, 0.05) is 17.3 Å². The normalized spacial score (nSPS) is 12.6. The van der Waals surface area contributed by atoms with E-state index < -0.39 is 0 Å². The zero-order valence-electron chi connectivity index (χ0n) is 8.98. The van der Waals surface area contributed by atoms with E-state index in [4.69, 9.17) is 11.6 Å². The van der Waals surface area contributed by atoms with Crippen LogP contribution in [0, 0.1) is 0 Å². The highest BCUT2D eigenvalue weighted by atomic mass is 35.5. The van der Waals surface area contributed by atoms with Gasteiger partial charge in [-0.1, -0.05) is 18.5 Å². The average Bonchev–Trinajstić information content (AvgIpc) is 2.73. The molecule has 0 saturated heterocycles. The van der Waals surface area contributed by atoms with Crippen LogP contribution in [0.15, 0.2) is 36.0 Å². The van der Waals surface area contributed by atoms with Gasteiger partial charge in [-0.3, -0.25) is 4.98 Å². The van der Waals surface area contributed by atoms with Crippen LogP contribution in [0.1, 0.15) is 23.4 Å². The van der Waals surface area contributed by atoms with E-state index in [1.807, 2.05) is 23.6 Å². The van der Waals surface area contributed by atoms with Crippen molar-refractivity contribution in [3.8, 4) is 0 Å². The summed E-state index contributed by atoms with van der Waals surface area (Å²) in [5.74, 6) is 0. The van der Waals surface area contributed by atoms with Crippen molar-refractivity contribution in [2.24, 2.45) is 0 Å². The Balaban J connectivity index is 2.35. The first-order chi connectivity index (χ1) is 7.83. The van der Waals surface area contributed by atoms with Crippen LogP contribution in [0.25, 0.3) is 0 Å². The number of rotatable bonds is 4. The largest absolute Gasteiger partial charge is 0.306 e. The number of halogens is 1. The van der Waals surface area contributed by atoms with Gasteiger partial charge in [-0.25, -0.2) is 0 Å². The van der Waals surface area contributed by atoms with Crippen LogP contribution >= 0.6 is 22.9 Å². The highest BCUT2D eigenvalue weighted by molar-refractivity contribution is 7.10. The Kier molecular flexibility index (Phi) is 3.93. The molecule has 0 aliphatic rings. The van der Waals surface area contributed by atoms with Crippen molar-refractivity contribution in [2.45, 2.75) is 13.0 Å². The minimum Gasteiger partial charge on any atom is -0.306 e. The molecule has 1 unspecified atom stereocenters. The fraction of sp³-hybridized carbons (Fsp3) is 0.250. The second kappa shape index (κ2) is 5.43. The van der Waals surface area contributed by atoms with Gasteiger partial charge >= 0.3 is 0 Å². The molecule has 0 bridgehead atoms. The maximum absolute atomic E-state index is 6.17. The van der Waals surface area contributed by atoms with Crippen LogP contribution < -0.4 is 5.32 Å². The minimum absolute atomic E-state index is 0.167. The molecule has 4 heteroatoms. The van der Waals surface area contributed by atoms with Gasteiger partial charge in [0.2, 0.25) is 0 Å². The maximum atomic E-state index is 6.17. The van der Waals surface area contributed by atoms with Crippen molar-refractivity contribution >= 4 is 22.9 Å². The lowest BCUT2D eigenvalue weighted by molar-refractivity contribution is 0.639. The number of hydrogen-bond donors (Lipinski definition) is 1. The number of nitrogens with one attached hydrogen (secondary N) is 1. The molecule has 0 amide bonds. The Morgan fingerprint density at radius 3 is 2.69 bits per heavy atom. The lowest BCUT2D eigenvalue weighted by Crippen LogP contribution is -2.21. The predicted octanol–water partition coefficient (Wildman–Crippen LogP) is 3.50. The predicted molar refractivity (Wildman–Crippen MR) is 69.1 cm³/mol. The van der Waals surface area contributed by atoms with Crippen LogP contribution in [0.2, 0.25) is 5.02 Å². The summed E-state index contributed by atoms with van der Waals surface area (Å²) in [6, 6.07) is 6.14. The SMILES string of the molecule is CCNC(c1ccncc1)c1sccc1Cl. The van der Waals surface area contributed by atoms with Crippen LogP contribution in [0.5, 0.6) is 0 Å². The molecule has 0 fully saturated rings. The van der Waals surface area contributed by atoms with Crippen LogP contribution in [0.4, 0.5) is 0 Å². The molecule has 2 aromatic rings. The summed E-state index contributed by atoms with van der Waals surface area (Å²) in [7, 11) is 0. The van der Waals surface area contributed by atoms with Gasteiger partial charge in [-0.15, -0.1) is 11.3 Å². The summed E-state index contributed by atoms with van der Waals surface area (Å²) in [5, 5.41) is 6.28. The smallest absolute Gasteiger partial charge is 0.0687 e. The molecule has 0 aliphatic heterocycles. The highest BCUT2D eigenvalue weighted by Crippen LogP contribution is 2.32. The first kappa shape index (κ1) is 11.6. The molecule has 2 aromatic heterocycles. The van der Waals surface area contributed by atoms with Crippen molar-refractivity contribution in [1.82, 2.24) is 10.3 Å². The number of nitrogens with zero attached hydrogens (tertiary/aromatic N) is 1. The molecular formula is C12H13ClN2S. The number of thiophene rings is 1. The quantitative estimate of drug-likeness (QED) is 0.901. The molecule has 0 aromatic carbocycles. The first-order valence-corrected chi connectivity index (χ1v) is 6.45. The molecule has 0 radical (unpaired) electrons. The lowest BCUT2D eigenvalue weighted by Gasteiger charge is -2.17. The van der Waals surface area contributed by atoms with Crippen molar-refractivity contribution in [3.05, 3.63) is 51.4 Å². The zero-order chi connectivity index (χ0) is 11.4. The van der Waals surface area contributed by atoms with Gasteiger partial charge in [0.05, 0.1) is 11.1 Å². The van der Waals surface area contributed by atoms with Crippen LogP contribution in [-0.2, 0) is 0 Å². The summed E-state index contributed by atoms with van der Waals surface area (Å²) in [6.45, 7) is 3.00. The van der Waals surface area contributed by atoms with Gasteiger partial charge in [0.25, 0.3) is 0 Å². The zero-order valence-corrected chi connectivity index (χ0v) is 10.6. The Morgan fingerprint density at radius 2 is 2.12 bits per heavy atom. The van der Waals surface area contributed by atoms with Crippen molar-refractivity contribution in [2.75, 3.05) is 6.54 Å². The summed E-state index contributed by atoms with van der Waals surface area (Å²) in [5.41, 5.74) is 1.20. The summed E-state index contributed by atoms with van der Waals surface area (Å²) < 4.78 is 0. The molecule has 16 heavy (non-hydrogen) atoms. The lowest BCUT2D eigenvalue weighted by atomic mass is 10.1. The third-order valence-corrected chi connectivity index (χ3v) is 3.78. The summed E-state index contributed by atoms with van der Waals surface area (Å²) in [4.78, 5) is 5.20. The van der Waals surface area contributed by atoms with E-state index >= 15 is 0 Å². The van der Waals surface area contributed by atoms with Crippen LogP contribution in [-0.4, -0.2) is 11.5 Å². The third-order valence-electron chi connectivity index (χ3n) is 2.35. The van der Waals surface area contributed by atoms with E-state index in [0.717, 1.165) is 16.4 Å². The molecule has 0 aliphatic carbocycles. The fourth-order valence-corrected chi connectivity index (χ4v) is 2.90. The molecule has 0 spiro atoms. The molecule has 2 rings (SSSR count). The Hall–Kier alpha value is -0.900. The Bertz CT molecular complexity index is 441. The standard InChI is InChI=1S/C12H13ClN2S/c1-2-15-11(9-3-6-14-7-4-9)12-10(13)5-8-16-12/h3-8,11,15H,2H2,1H3. The van der Waals surface area contributed by atoms with E-state index in [1.54, 1.807) is 23.7 Å². The maximum Gasteiger partial charge on any atom is 0.0687 e. The second-order valence-electron chi connectivity index (χ2n) is 3.40. The van der Waals surface area contributed by atoms with Crippen LogP contribution in [0.3, 0.4) is 0 Å². The Labute approximate surface area is 104 Å². The van der Waals surface area contributed by atoms with E-state index in [2.05, 4.69) is 17.2 Å². The third kappa shape index (κ3) is 2.43. The molecule has 2 heterocycles. The number of aromatic nitrogens is 1. The molecular weight excluding hydrogens is 240 g/mol. The molecule has 0 saturated carbocycles. The van der Waals surface area contributed by atoms with Gasteiger partial charge < -0.3 is 5.32 Å². The van der Waals surface area contributed by atoms with Gasteiger partial charge in [-0.2, -0.15) is 0 Å². The summed E-state index contributed by atoms with van der Waals surface area (Å²) >= 11 is 7.85. The van der Waals surface area contributed by atoms with E-state index in [9.17, 15) is 0 Å². The van der Waals surface area contributed by atoms with E-state index in [-0.39, 0.29) is 6.04 Å². The Morgan fingerprint density at radius 1 is 1.38 bits per heavy atom. The molecule has 2 nitrogen and oxygen atoms in total. The first-order valence-electron chi connectivity index (χ1n) is 5.19. The number of hydrogen-bond acceptors (Lipinski definition) is 3. The molecule has 1 N–H and O–H groups in total. The van der Waals surface area contributed by atoms with Crippen molar-refractivity contribution in [1.29, 1.82) is 0 Å². The van der Waals surface area contributed by atoms with Gasteiger partial charge in [0.15, 0.2) is 0 Å². The second-order valence-corrected chi connectivity index (χ2v) is 4.76. The highest BCUT2D eigenvalue weighted by Gasteiger charge is 2.16. The summed E-state index contributed by atoms with van der Waals surface area (Å²) in [6.07, 6.45) is 3.61. The van der Waals surface area contributed by atoms with E-state index in [0.29, 0.717) is 0 Å². The average molecular weight is 253 g/mol. The van der Waals surface area contributed by atoms with Crippen molar-refractivity contribution in [3.63, 3.8) is 0 Å². The van der Waals surface area contributed by atoms with Gasteiger partial charge in [0.1, 0.15) is 0 Å². The topological polar surface area (TPSA) is 24.9 Å².